The normalized spacial score (nSPS) is 18.5. The highest BCUT2D eigenvalue weighted by Gasteiger charge is 2.31. The molecular formula is C23H28ClFN4O4. The molecule has 10 heteroatoms. The third kappa shape index (κ3) is 6.34. The number of nitrogens with one attached hydrogen (secondary N) is 2. The molecule has 2 aromatic rings. The van der Waals surface area contributed by atoms with E-state index in [1.54, 1.807) is 7.11 Å². The number of hydrogen-bond donors (Lipinski definition) is 3. The number of carbonyl (C=O) groups is 2. The second kappa shape index (κ2) is 11.3. The summed E-state index contributed by atoms with van der Waals surface area (Å²) in [6, 6.07) is 8.22. The summed E-state index contributed by atoms with van der Waals surface area (Å²) < 4.78 is 23.9. The van der Waals surface area contributed by atoms with Crippen molar-refractivity contribution in [2.75, 3.05) is 46.1 Å². The predicted molar refractivity (Wildman–Crippen MR) is 124 cm³/mol. The third-order valence-electron chi connectivity index (χ3n) is 5.65. The number of hydrogen-bond acceptors (Lipinski definition) is 6. The van der Waals surface area contributed by atoms with Gasteiger partial charge in [-0.1, -0.05) is 11.6 Å². The van der Waals surface area contributed by atoms with Crippen molar-refractivity contribution >= 4 is 29.1 Å². The number of likely N-dealkylation sites (tertiary alicyclic amines) is 1. The van der Waals surface area contributed by atoms with Crippen LogP contribution in [0, 0.1) is 5.82 Å². The maximum Gasteiger partial charge on any atom is 0.255 e. The summed E-state index contributed by atoms with van der Waals surface area (Å²) in [6.45, 7) is 2.37. The van der Waals surface area contributed by atoms with Crippen LogP contribution in [0.5, 0.6) is 5.75 Å². The van der Waals surface area contributed by atoms with Gasteiger partial charge < -0.3 is 25.8 Å². The van der Waals surface area contributed by atoms with Gasteiger partial charge in [-0.3, -0.25) is 14.5 Å². The molecule has 33 heavy (non-hydrogen) atoms. The van der Waals surface area contributed by atoms with E-state index in [2.05, 4.69) is 15.5 Å². The summed E-state index contributed by atoms with van der Waals surface area (Å²) in [7, 11) is 3.06. The number of carbonyl (C=O) groups excluding carboxylic acids is 2. The number of halogens is 2. The molecule has 2 atom stereocenters. The number of piperidine rings is 1. The number of methoxy groups -OCH3 is 2. The molecule has 3 rings (SSSR count). The Kier molecular flexibility index (Phi) is 8.49. The molecule has 0 radical (unpaired) electrons. The van der Waals surface area contributed by atoms with Gasteiger partial charge in [0.1, 0.15) is 11.6 Å². The first kappa shape index (κ1) is 24.8. The Hall–Kier alpha value is -2.88. The van der Waals surface area contributed by atoms with Gasteiger partial charge in [0.25, 0.3) is 11.8 Å². The quantitative estimate of drug-likeness (QED) is 0.503. The minimum Gasteiger partial charge on any atom is -0.496 e. The van der Waals surface area contributed by atoms with Gasteiger partial charge in [0.15, 0.2) is 0 Å². The number of amides is 2. The molecule has 8 nitrogen and oxygen atoms in total. The van der Waals surface area contributed by atoms with E-state index in [4.69, 9.17) is 26.8 Å². The van der Waals surface area contributed by atoms with Gasteiger partial charge in [-0.25, -0.2) is 4.39 Å². The van der Waals surface area contributed by atoms with E-state index in [1.807, 2.05) is 0 Å². The van der Waals surface area contributed by atoms with Gasteiger partial charge in [0.05, 0.1) is 35.5 Å². The molecular weight excluding hydrogens is 451 g/mol. The van der Waals surface area contributed by atoms with E-state index in [1.165, 1.54) is 43.5 Å². The molecule has 1 heterocycles. The fraction of sp³-hybridized carbons (Fsp3) is 0.391. The Labute approximate surface area is 197 Å². The molecule has 178 valence electrons. The molecule has 0 aliphatic carbocycles. The van der Waals surface area contributed by atoms with Crippen LogP contribution < -0.4 is 21.1 Å². The SMILES string of the molecule is COc1cc(N)c(Cl)cc1C(=O)NC1CCN(CCNC(=O)c2ccc(F)cc2)CC1OC. The van der Waals surface area contributed by atoms with E-state index >= 15 is 0 Å². The van der Waals surface area contributed by atoms with Crippen LogP contribution in [-0.4, -0.2) is 69.3 Å². The van der Waals surface area contributed by atoms with Gasteiger partial charge in [0.2, 0.25) is 0 Å². The number of nitrogens with zero attached hydrogens (tertiary/aromatic N) is 1. The lowest BCUT2D eigenvalue weighted by Crippen LogP contribution is -2.55. The first-order valence-corrected chi connectivity index (χ1v) is 10.9. The first-order valence-electron chi connectivity index (χ1n) is 10.5. The van der Waals surface area contributed by atoms with Gasteiger partial charge in [0, 0.05) is 44.9 Å². The van der Waals surface area contributed by atoms with E-state index < -0.39 is 0 Å². The smallest absolute Gasteiger partial charge is 0.255 e. The third-order valence-corrected chi connectivity index (χ3v) is 5.97. The van der Waals surface area contributed by atoms with Gasteiger partial charge >= 0.3 is 0 Å². The second-order valence-electron chi connectivity index (χ2n) is 7.78. The zero-order valence-corrected chi connectivity index (χ0v) is 19.3. The summed E-state index contributed by atoms with van der Waals surface area (Å²) >= 11 is 6.08. The lowest BCUT2D eigenvalue weighted by atomic mass is 10.0. The number of nitrogens with two attached hydrogens (primary N) is 1. The van der Waals surface area contributed by atoms with Gasteiger partial charge in [-0.2, -0.15) is 0 Å². The molecule has 1 aliphatic heterocycles. The first-order chi connectivity index (χ1) is 15.8. The van der Waals surface area contributed by atoms with Gasteiger partial charge in [-0.05, 0) is 36.8 Å². The van der Waals surface area contributed by atoms with Crippen LogP contribution in [0.25, 0.3) is 0 Å². The average Bonchev–Trinajstić information content (AvgIpc) is 2.81. The highest BCUT2D eigenvalue weighted by atomic mass is 35.5. The van der Waals surface area contributed by atoms with Gasteiger partial charge in [-0.15, -0.1) is 0 Å². The van der Waals surface area contributed by atoms with Crippen molar-refractivity contribution in [3.8, 4) is 5.75 Å². The lowest BCUT2D eigenvalue weighted by molar-refractivity contribution is 0.00682. The number of ether oxygens (including phenoxy) is 2. The van der Waals surface area contributed by atoms with Crippen molar-refractivity contribution in [3.05, 3.63) is 58.4 Å². The summed E-state index contributed by atoms with van der Waals surface area (Å²) in [5.41, 5.74) is 6.84. The van der Waals surface area contributed by atoms with Crippen molar-refractivity contribution in [1.82, 2.24) is 15.5 Å². The second-order valence-corrected chi connectivity index (χ2v) is 8.19. The average molecular weight is 479 g/mol. The van der Waals surface area contributed by atoms with Crippen LogP contribution >= 0.6 is 11.6 Å². The molecule has 1 aliphatic rings. The summed E-state index contributed by atoms with van der Waals surface area (Å²) in [6.07, 6.45) is 0.437. The van der Waals surface area contributed by atoms with E-state index in [9.17, 15) is 14.0 Å². The van der Waals surface area contributed by atoms with Crippen LogP contribution in [0.15, 0.2) is 36.4 Å². The summed E-state index contributed by atoms with van der Waals surface area (Å²) in [5.74, 6) is -0.611. The largest absolute Gasteiger partial charge is 0.496 e. The molecule has 2 aromatic carbocycles. The molecule has 2 unspecified atom stereocenters. The minimum atomic E-state index is -0.384. The monoisotopic (exact) mass is 478 g/mol. The van der Waals surface area contributed by atoms with Crippen molar-refractivity contribution in [2.24, 2.45) is 0 Å². The summed E-state index contributed by atoms with van der Waals surface area (Å²) in [4.78, 5) is 27.2. The van der Waals surface area contributed by atoms with E-state index in [0.29, 0.717) is 48.6 Å². The topological polar surface area (TPSA) is 106 Å². The number of anilines is 1. The van der Waals surface area contributed by atoms with E-state index in [-0.39, 0.29) is 34.8 Å². The van der Waals surface area contributed by atoms with Crippen LogP contribution in [0.2, 0.25) is 5.02 Å². The maximum absolute atomic E-state index is 13.0. The van der Waals surface area contributed by atoms with Crippen LogP contribution in [0.4, 0.5) is 10.1 Å². The van der Waals surface area contributed by atoms with Crippen LogP contribution in [0.1, 0.15) is 27.1 Å². The van der Waals surface area contributed by atoms with Crippen LogP contribution in [0.3, 0.4) is 0 Å². The van der Waals surface area contributed by atoms with Crippen molar-refractivity contribution in [3.63, 3.8) is 0 Å². The van der Waals surface area contributed by atoms with E-state index in [0.717, 1.165) is 6.54 Å². The Morgan fingerprint density at radius 1 is 1.21 bits per heavy atom. The number of rotatable bonds is 8. The number of benzene rings is 2. The number of nitrogen functional groups attached to an aromatic ring is 1. The Balaban J connectivity index is 1.52. The highest BCUT2D eigenvalue weighted by Crippen LogP contribution is 2.29. The molecule has 0 saturated carbocycles. The summed E-state index contributed by atoms with van der Waals surface area (Å²) in [5, 5.41) is 6.12. The van der Waals surface area contributed by atoms with Crippen LogP contribution in [-0.2, 0) is 4.74 Å². The highest BCUT2D eigenvalue weighted by molar-refractivity contribution is 6.33. The molecule has 1 saturated heterocycles. The Morgan fingerprint density at radius 2 is 1.94 bits per heavy atom. The molecule has 0 bridgehead atoms. The molecule has 1 fully saturated rings. The van der Waals surface area contributed by atoms with Crippen molar-refractivity contribution in [2.45, 2.75) is 18.6 Å². The minimum absolute atomic E-state index is 0.200. The standard InChI is InChI=1S/C23H28ClFN4O4/c1-32-20-12-18(26)17(24)11-16(20)23(31)28-19-7-9-29(13-21(19)33-2)10-8-27-22(30)14-3-5-15(25)6-4-14/h3-6,11-12,19,21H,7-10,13,26H2,1-2H3,(H,27,30)(H,28,31). The predicted octanol–water partition coefficient (Wildman–Crippen LogP) is 2.32. The zero-order valence-electron chi connectivity index (χ0n) is 18.6. The lowest BCUT2D eigenvalue weighted by Gasteiger charge is -2.38. The molecule has 0 aromatic heterocycles. The Morgan fingerprint density at radius 3 is 2.61 bits per heavy atom. The Bertz CT molecular complexity index is 989. The van der Waals surface area contributed by atoms with Crippen molar-refractivity contribution < 1.29 is 23.5 Å². The fourth-order valence-electron chi connectivity index (χ4n) is 3.78. The fourth-order valence-corrected chi connectivity index (χ4v) is 3.94. The zero-order chi connectivity index (χ0) is 24.0. The maximum atomic E-state index is 13.0. The molecule has 4 N–H and O–H groups in total. The molecule has 0 spiro atoms. The molecule has 2 amide bonds. The van der Waals surface area contributed by atoms with Crippen molar-refractivity contribution in [1.29, 1.82) is 0 Å².